The largest absolute Gasteiger partial charge is 0.468 e. The van der Waals surface area contributed by atoms with Crippen molar-refractivity contribution in [1.82, 2.24) is 4.57 Å². The molecule has 13 heteroatoms. The number of hydrogen-bond donors (Lipinski definition) is 0. The van der Waals surface area contributed by atoms with Crippen LogP contribution in [0.5, 0.6) is 0 Å². The molecule has 1 aromatic heterocycles. The first kappa shape index (κ1) is 26.1. The molecule has 0 spiro atoms. The van der Waals surface area contributed by atoms with Crippen molar-refractivity contribution in [2.24, 2.45) is 4.99 Å². The van der Waals surface area contributed by atoms with E-state index in [2.05, 4.69) is 4.99 Å². The minimum absolute atomic E-state index is 0.0490. The number of esters is 1. The van der Waals surface area contributed by atoms with E-state index in [0.29, 0.717) is 15.2 Å². The van der Waals surface area contributed by atoms with Crippen LogP contribution in [0.4, 0.5) is 0 Å². The van der Waals surface area contributed by atoms with Crippen LogP contribution in [0.2, 0.25) is 5.02 Å². The first-order chi connectivity index (χ1) is 15.9. The van der Waals surface area contributed by atoms with Gasteiger partial charge in [0.05, 0.1) is 32.9 Å². The van der Waals surface area contributed by atoms with Gasteiger partial charge in [0.1, 0.15) is 6.54 Å². The van der Waals surface area contributed by atoms with E-state index < -0.39 is 31.6 Å². The molecular weight excluding hydrogens is 524 g/mol. The van der Waals surface area contributed by atoms with Crippen molar-refractivity contribution in [1.29, 1.82) is 0 Å². The summed E-state index contributed by atoms with van der Waals surface area (Å²) in [5.41, 5.74) is 0.514. The van der Waals surface area contributed by atoms with Gasteiger partial charge in [-0.25, -0.2) is 16.8 Å². The molecule has 182 valence electrons. The van der Waals surface area contributed by atoms with E-state index in [9.17, 15) is 26.4 Å². The van der Waals surface area contributed by atoms with E-state index in [4.69, 9.17) is 16.3 Å². The number of ether oxygens (including phenoxy) is 1. The molecule has 0 bridgehead atoms. The Morgan fingerprint density at radius 3 is 2.32 bits per heavy atom. The second-order valence-electron chi connectivity index (χ2n) is 7.33. The van der Waals surface area contributed by atoms with Gasteiger partial charge in [0.15, 0.2) is 24.5 Å². The van der Waals surface area contributed by atoms with Crippen LogP contribution in [-0.4, -0.2) is 52.4 Å². The summed E-state index contributed by atoms with van der Waals surface area (Å²) >= 11 is 6.83. The van der Waals surface area contributed by atoms with E-state index in [1.807, 2.05) is 0 Å². The summed E-state index contributed by atoms with van der Waals surface area (Å²) in [6.07, 6.45) is 0.998. The van der Waals surface area contributed by atoms with Gasteiger partial charge in [-0.3, -0.25) is 9.59 Å². The maximum Gasteiger partial charge on any atom is 0.325 e. The number of sulfone groups is 2. The molecule has 0 radical (unpaired) electrons. The molecule has 34 heavy (non-hydrogen) atoms. The lowest BCUT2D eigenvalue weighted by Gasteiger charge is -2.05. The smallest absolute Gasteiger partial charge is 0.325 e. The number of nitrogens with zero attached hydrogens (tertiary/aromatic N) is 2. The molecule has 2 aromatic carbocycles. The predicted octanol–water partition coefficient (Wildman–Crippen LogP) is 2.61. The third kappa shape index (κ3) is 6.32. The number of methoxy groups -OCH3 is 1. The number of carbonyl (C=O) groups excluding carboxylic acids is 2. The first-order valence-corrected chi connectivity index (χ1v) is 14.6. The second-order valence-corrected chi connectivity index (χ2v) is 12.9. The van der Waals surface area contributed by atoms with Gasteiger partial charge < -0.3 is 9.30 Å². The molecule has 3 aromatic rings. The number of benzene rings is 2. The number of fused-ring (bicyclic) bond motifs is 1. The molecule has 0 saturated heterocycles. The lowest BCUT2D eigenvalue weighted by Crippen LogP contribution is -2.22. The lowest BCUT2D eigenvalue weighted by atomic mass is 10.3. The summed E-state index contributed by atoms with van der Waals surface area (Å²) in [5.74, 6) is -1.39. The number of hydrogen-bond acceptors (Lipinski definition) is 8. The van der Waals surface area contributed by atoms with Gasteiger partial charge in [0, 0.05) is 17.7 Å². The van der Waals surface area contributed by atoms with E-state index >= 15 is 0 Å². The van der Waals surface area contributed by atoms with E-state index in [1.54, 1.807) is 0 Å². The number of carbonyl (C=O) groups is 2. The zero-order valence-electron chi connectivity index (χ0n) is 18.2. The Morgan fingerprint density at radius 2 is 1.71 bits per heavy atom. The van der Waals surface area contributed by atoms with Crippen LogP contribution in [0.15, 0.2) is 57.2 Å². The SMILES string of the molecule is COC(=O)Cn1c(=NC(=O)CCCS(=O)(=O)c2ccc(Cl)cc2)sc2cc(S(C)(=O)=O)ccc21. The standard InChI is InChI=1S/C21H21ClN2O7S3/c1-31-20(26)13-24-17-10-9-16(33(2,27)28)12-18(17)32-21(24)23-19(25)4-3-11-34(29,30)15-7-5-14(22)6-8-15/h5-10,12H,3-4,11,13H2,1-2H3. The number of thiazole rings is 1. The molecule has 0 unspecified atom stereocenters. The topological polar surface area (TPSA) is 129 Å². The summed E-state index contributed by atoms with van der Waals surface area (Å²) in [7, 11) is -5.82. The van der Waals surface area contributed by atoms with Gasteiger partial charge in [0.25, 0.3) is 0 Å². The summed E-state index contributed by atoms with van der Waals surface area (Å²) in [5, 5.41) is 0.417. The van der Waals surface area contributed by atoms with E-state index in [-0.39, 0.29) is 39.7 Å². The van der Waals surface area contributed by atoms with Crippen molar-refractivity contribution in [3.8, 4) is 0 Å². The van der Waals surface area contributed by atoms with Crippen molar-refractivity contribution in [3.63, 3.8) is 0 Å². The third-order valence-corrected chi connectivity index (χ3v) is 9.01. The summed E-state index contributed by atoms with van der Waals surface area (Å²) < 4.78 is 55.3. The van der Waals surface area contributed by atoms with Crippen molar-refractivity contribution in [3.05, 3.63) is 52.3 Å². The van der Waals surface area contributed by atoms with Crippen molar-refractivity contribution in [2.45, 2.75) is 29.2 Å². The van der Waals surface area contributed by atoms with Gasteiger partial charge in [-0.15, -0.1) is 0 Å². The molecular formula is C21H21ClN2O7S3. The molecule has 0 saturated carbocycles. The van der Waals surface area contributed by atoms with Crippen LogP contribution in [0, 0.1) is 0 Å². The van der Waals surface area contributed by atoms with Crippen LogP contribution in [0.3, 0.4) is 0 Å². The molecule has 3 rings (SSSR count). The van der Waals surface area contributed by atoms with Crippen LogP contribution >= 0.6 is 22.9 Å². The molecule has 0 aliphatic carbocycles. The molecule has 9 nitrogen and oxygen atoms in total. The van der Waals surface area contributed by atoms with Crippen LogP contribution < -0.4 is 4.80 Å². The normalized spacial score (nSPS) is 12.7. The molecule has 1 heterocycles. The monoisotopic (exact) mass is 544 g/mol. The van der Waals surface area contributed by atoms with Crippen LogP contribution in [0.1, 0.15) is 12.8 Å². The Hall–Kier alpha value is -2.54. The Balaban J connectivity index is 1.85. The van der Waals surface area contributed by atoms with E-state index in [0.717, 1.165) is 17.6 Å². The molecule has 0 atom stereocenters. The third-order valence-electron chi connectivity index (χ3n) is 4.79. The average molecular weight is 545 g/mol. The van der Waals surface area contributed by atoms with Crippen molar-refractivity contribution in [2.75, 3.05) is 19.1 Å². The molecule has 0 N–H and O–H groups in total. The zero-order valence-corrected chi connectivity index (χ0v) is 21.4. The summed E-state index contributed by atoms with van der Waals surface area (Å²) in [6, 6.07) is 10.2. The Bertz CT molecular complexity index is 1520. The number of amides is 1. The Kier molecular flexibility index (Phi) is 7.96. The quantitative estimate of drug-likeness (QED) is 0.398. The molecule has 0 aliphatic rings. The highest BCUT2D eigenvalue weighted by atomic mass is 35.5. The van der Waals surface area contributed by atoms with Crippen molar-refractivity contribution >= 4 is 64.7 Å². The lowest BCUT2D eigenvalue weighted by molar-refractivity contribution is -0.141. The number of aromatic nitrogens is 1. The van der Waals surface area contributed by atoms with Crippen LogP contribution in [-0.2, 0) is 40.5 Å². The van der Waals surface area contributed by atoms with Crippen LogP contribution in [0.25, 0.3) is 10.2 Å². The first-order valence-electron chi connectivity index (χ1n) is 9.87. The highest BCUT2D eigenvalue weighted by Gasteiger charge is 2.17. The van der Waals surface area contributed by atoms with Gasteiger partial charge >= 0.3 is 5.97 Å². The summed E-state index contributed by atoms with van der Waals surface area (Å²) in [4.78, 5) is 28.8. The summed E-state index contributed by atoms with van der Waals surface area (Å²) in [6.45, 7) is -0.230. The van der Waals surface area contributed by atoms with Gasteiger partial charge in [-0.05, 0) is 48.9 Å². The fourth-order valence-electron chi connectivity index (χ4n) is 3.05. The van der Waals surface area contributed by atoms with Gasteiger partial charge in [-0.1, -0.05) is 22.9 Å². The minimum Gasteiger partial charge on any atom is -0.468 e. The van der Waals surface area contributed by atoms with Gasteiger partial charge in [0.2, 0.25) is 5.91 Å². The maximum absolute atomic E-state index is 12.5. The van der Waals surface area contributed by atoms with E-state index in [1.165, 1.54) is 54.1 Å². The zero-order chi connectivity index (χ0) is 25.1. The maximum atomic E-state index is 12.5. The molecule has 0 aliphatic heterocycles. The Morgan fingerprint density at radius 1 is 1.06 bits per heavy atom. The number of rotatable bonds is 8. The Labute approximate surface area is 205 Å². The average Bonchev–Trinajstić information content (AvgIpc) is 3.09. The fourth-order valence-corrected chi connectivity index (χ4v) is 6.30. The number of halogens is 1. The van der Waals surface area contributed by atoms with Gasteiger partial charge in [-0.2, -0.15) is 4.99 Å². The second kappa shape index (κ2) is 10.4. The van der Waals surface area contributed by atoms with Crippen molar-refractivity contribution < 1.29 is 31.2 Å². The molecule has 0 fully saturated rings. The highest BCUT2D eigenvalue weighted by molar-refractivity contribution is 7.91. The highest BCUT2D eigenvalue weighted by Crippen LogP contribution is 2.22. The fraction of sp³-hybridized carbons (Fsp3) is 0.286. The molecule has 1 amide bonds. The minimum atomic E-state index is -3.59. The predicted molar refractivity (Wildman–Crippen MR) is 128 cm³/mol.